The van der Waals surface area contributed by atoms with Gasteiger partial charge in [-0.2, -0.15) is 0 Å². The van der Waals surface area contributed by atoms with Gasteiger partial charge >= 0.3 is 0 Å². The molecule has 0 aliphatic heterocycles. The van der Waals surface area contributed by atoms with E-state index >= 15 is 0 Å². The van der Waals surface area contributed by atoms with Crippen LogP contribution in [0.4, 0.5) is 5.82 Å². The average Bonchev–Trinajstić information content (AvgIpc) is 3.17. The maximum Gasteiger partial charge on any atom is 0.127 e. The molecule has 3 N–H and O–H groups in total. The van der Waals surface area contributed by atoms with Crippen molar-refractivity contribution in [1.29, 1.82) is 0 Å². The molecule has 0 bridgehead atoms. The van der Waals surface area contributed by atoms with Gasteiger partial charge in [-0.05, 0) is 49.1 Å². The van der Waals surface area contributed by atoms with E-state index in [9.17, 15) is 0 Å². The van der Waals surface area contributed by atoms with Crippen LogP contribution in [-0.4, -0.2) is 24.8 Å². The van der Waals surface area contributed by atoms with E-state index < -0.39 is 0 Å². The third-order valence-corrected chi connectivity index (χ3v) is 5.70. The number of anilines is 1. The minimum Gasteiger partial charge on any atom is -0.383 e. The smallest absolute Gasteiger partial charge is 0.127 e. The van der Waals surface area contributed by atoms with Crippen molar-refractivity contribution in [3.8, 4) is 0 Å². The third-order valence-electron chi connectivity index (χ3n) is 5.70. The van der Waals surface area contributed by atoms with E-state index in [0.717, 1.165) is 41.7 Å². The zero-order chi connectivity index (χ0) is 19.6. The Kier molecular flexibility index (Phi) is 6.11. The summed E-state index contributed by atoms with van der Waals surface area (Å²) >= 11 is 0. The number of nitrogens with zero attached hydrogens (tertiary/aromatic N) is 4. The summed E-state index contributed by atoms with van der Waals surface area (Å²) in [5.41, 5.74) is 11.8. The summed E-state index contributed by atoms with van der Waals surface area (Å²) in [6.07, 6.45) is 6.95. The van der Waals surface area contributed by atoms with E-state index in [-0.39, 0.29) is 23.0 Å². The van der Waals surface area contributed by atoms with Gasteiger partial charge in [-0.1, -0.05) is 24.3 Å². The Morgan fingerprint density at radius 1 is 1.00 bits per heavy atom. The molecule has 0 saturated carbocycles. The molecule has 1 aromatic carbocycles. The number of aryl methyl sites for hydroxylation is 1. The van der Waals surface area contributed by atoms with Crippen LogP contribution >= 0.6 is 17.0 Å². The van der Waals surface area contributed by atoms with E-state index in [4.69, 9.17) is 15.7 Å². The lowest BCUT2D eigenvalue weighted by atomic mass is 9.90. The lowest BCUT2D eigenvalue weighted by molar-refractivity contribution is 0.153. The van der Waals surface area contributed by atoms with Crippen molar-refractivity contribution in [2.75, 3.05) is 5.73 Å². The van der Waals surface area contributed by atoms with Crippen molar-refractivity contribution < 1.29 is 0 Å². The van der Waals surface area contributed by atoms with Crippen molar-refractivity contribution in [2.45, 2.75) is 38.4 Å². The van der Waals surface area contributed by atoms with Gasteiger partial charge in [0.05, 0.1) is 29.3 Å². The SMILES string of the molecule is Br.Nc1ncccc1CN(Cc1nc2ccccc2[nH]1)C1CCCc2cccnc21. The fourth-order valence-electron chi connectivity index (χ4n) is 4.29. The van der Waals surface area contributed by atoms with E-state index in [1.165, 1.54) is 11.3 Å². The molecule has 7 heteroatoms. The number of pyridine rings is 2. The Morgan fingerprint density at radius 3 is 2.70 bits per heavy atom. The minimum absolute atomic E-state index is 0. The standard InChI is InChI=1S/C23H24N6.BrH/c24-23-17(8-5-13-26-23)14-29(15-21-27-18-9-1-2-10-19(18)28-21)20-11-3-6-16-7-4-12-25-22(16)20;/h1-2,4-5,7-10,12-13,20H,3,6,11,14-15H2,(H2,24,26)(H,27,28);1H. The van der Waals surface area contributed by atoms with Crippen LogP contribution in [0.15, 0.2) is 60.9 Å². The number of hydrogen-bond donors (Lipinski definition) is 2. The molecule has 3 heterocycles. The minimum atomic E-state index is 0. The van der Waals surface area contributed by atoms with Gasteiger partial charge in [-0.15, -0.1) is 17.0 Å². The zero-order valence-corrected chi connectivity index (χ0v) is 18.4. The summed E-state index contributed by atoms with van der Waals surface area (Å²) in [6.45, 7) is 1.40. The molecule has 6 nitrogen and oxygen atoms in total. The van der Waals surface area contributed by atoms with Crippen molar-refractivity contribution in [3.63, 3.8) is 0 Å². The van der Waals surface area contributed by atoms with E-state index in [1.807, 2.05) is 36.5 Å². The number of nitrogens with one attached hydrogen (secondary N) is 1. The second kappa shape index (κ2) is 8.93. The number of halogens is 1. The first-order valence-electron chi connectivity index (χ1n) is 10.1. The van der Waals surface area contributed by atoms with Gasteiger partial charge < -0.3 is 10.7 Å². The Bertz CT molecular complexity index is 1110. The first-order chi connectivity index (χ1) is 14.3. The first kappa shape index (κ1) is 20.5. The first-order valence-corrected chi connectivity index (χ1v) is 10.1. The number of hydrogen-bond acceptors (Lipinski definition) is 5. The normalized spacial score (nSPS) is 15.7. The molecule has 1 aliphatic rings. The van der Waals surface area contributed by atoms with Crippen LogP contribution in [0.25, 0.3) is 11.0 Å². The van der Waals surface area contributed by atoms with Gasteiger partial charge in [0.15, 0.2) is 0 Å². The second-order valence-electron chi connectivity index (χ2n) is 7.61. The average molecular weight is 465 g/mol. The molecule has 30 heavy (non-hydrogen) atoms. The highest BCUT2D eigenvalue weighted by Gasteiger charge is 2.28. The number of aromatic amines is 1. The van der Waals surface area contributed by atoms with Gasteiger partial charge in [0, 0.05) is 24.5 Å². The van der Waals surface area contributed by atoms with Crippen molar-refractivity contribution in [1.82, 2.24) is 24.8 Å². The number of rotatable bonds is 5. The van der Waals surface area contributed by atoms with Crippen LogP contribution in [0.1, 0.15) is 41.5 Å². The number of nitrogen functional groups attached to an aromatic ring is 1. The van der Waals surface area contributed by atoms with Crippen LogP contribution in [0.2, 0.25) is 0 Å². The van der Waals surface area contributed by atoms with Crippen LogP contribution < -0.4 is 5.73 Å². The van der Waals surface area contributed by atoms with Crippen molar-refractivity contribution in [2.24, 2.45) is 0 Å². The number of para-hydroxylation sites is 2. The maximum absolute atomic E-state index is 6.17. The molecular formula is C23H25BrN6. The van der Waals surface area contributed by atoms with Gasteiger partial charge in [0.2, 0.25) is 0 Å². The molecule has 1 atom stereocenters. The zero-order valence-electron chi connectivity index (χ0n) is 16.7. The highest BCUT2D eigenvalue weighted by molar-refractivity contribution is 8.93. The number of nitrogens with two attached hydrogens (primary N) is 1. The Balaban J connectivity index is 0.00000218. The number of fused-ring (bicyclic) bond motifs is 2. The summed E-state index contributed by atoms with van der Waals surface area (Å²) in [4.78, 5) is 19.7. The molecular weight excluding hydrogens is 440 g/mol. The molecule has 4 aromatic rings. The van der Waals surface area contributed by atoms with Gasteiger partial charge in [-0.3, -0.25) is 9.88 Å². The maximum atomic E-state index is 6.17. The molecule has 0 saturated heterocycles. The largest absolute Gasteiger partial charge is 0.383 e. The van der Waals surface area contributed by atoms with Crippen molar-refractivity contribution in [3.05, 3.63) is 83.6 Å². The van der Waals surface area contributed by atoms with Crippen LogP contribution in [0.5, 0.6) is 0 Å². The van der Waals surface area contributed by atoms with Crippen molar-refractivity contribution >= 4 is 33.8 Å². The summed E-state index contributed by atoms with van der Waals surface area (Å²) in [5.74, 6) is 1.54. The third kappa shape index (κ3) is 4.08. The van der Waals surface area contributed by atoms with Gasteiger partial charge in [0.25, 0.3) is 0 Å². The second-order valence-corrected chi connectivity index (χ2v) is 7.61. The van der Waals surface area contributed by atoms with E-state index in [2.05, 4.69) is 33.1 Å². The Labute approximate surface area is 186 Å². The number of benzene rings is 1. The molecule has 0 fully saturated rings. The molecule has 154 valence electrons. The fraction of sp³-hybridized carbons (Fsp3) is 0.261. The molecule has 1 aliphatic carbocycles. The lowest BCUT2D eigenvalue weighted by Crippen LogP contribution is -2.32. The predicted octanol–water partition coefficient (Wildman–Crippen LogP) is 4.59. The Hall–Kier alpha value is -2.77. The van der Waals surface area contributed by atoms with Crippen LogP contribution in [-0.2, 0) is 19.5 Å². The summed E-state index contributed by atoms with van der Waals surface area (Å²) < 4.78 is 0. The van der Waals surface area contributed by atoms with E-state index in [0.29, 0.717) is 18.9 Å². The predicted molar refractivity (Wildman–Crippen MR) is 124 cm³/mol. The topological polar surface area (TPSA) is 83.7 Å². The summed E-state index contributed by atoms with van der Waals surface area (Å²) in [6, 6.07) is 16.6. The summed E-state index contributed by atoms with van der Waals surface area (Å²) in [7, 11) is 0. The lowest BCUT2D eigenvalue weighted by Gasteiger charge is -2.34. The van der Waals surface area contributed by atoms with Gasteiger partial charge in [0.1, 0.15) is 11.6 Å². The molecule has 1 unspecified atom stereocenters. The molecule has 5 rings (SSSR count). The number of imidazole rings is 1. The van der Waals surface area contributed by atoms with E-state index in [1.54, 1.807) is 6.20 Å². The highest BCUT2D eigenvalue weighted by Crippen LogP contribution is 2.35. The quantitative estimate of drug-likeness (QED) is 0.451. The highest BCUT2D eigenvalue weighted by atomic mass is 79.9. The molecule has 3 aromatic heterocycles. The molecule has 0 amide bonds. The number of H-pyrrole nitrogens is 1. The fourth-order valence-corrected chi connectivity index (χ4v) is 4.29. The molecule has 0 radical (unpaired) electrons. The van der Waals surface area contributed by atoms with Crippen LogP contribution in [0.3, 0.4) is 0 Å². The Morgan fingerprint density at radius 2 is 1.83 bits per heavy atom. The monoisotopic (exact) mass is 464 g/mol. The number of aromatic nitrogens is 4. The summed E-state index contributed by atoms with van der Waals surface area (Å²) in [5, 5.41) is 0. The molecule has 0 spiro atoms. The van der Waals surface area contributed by atoms with Crippen LogP contribution in [0, 0.1) is 0 Å². The van der Waals surface area contributed by atoms with Gasteiger partial charge in [-0.25, -0.2) is 9.97 Å².